The van der Waals surface area contributed by atoms with Crippen LogP contribution in [0.4, 0.5) is 4.79 Å². The van der Waals surface area contributed by atoms with Crippen LogP contribution in [0.25, 0.3) is 11.1 Å². The summed E-state index contributed by atoms with van der Waals surface area (Å²) in [6.07, 6.45) is 1.21. The van der Waals surface area contributed by atoms with E-state index >= 15 is 0 Å². The van der Waals surface area contributed by atoms with Crippen molar-refractivity contribution in [2.45, 2.75) is 98.3 Å². The Labute approximate surface area is 244 Å². The van der Waals surface area contributed by atoms with Crippen molar-refractivity contribution < 1.29 is 29.0 Å². The van der Waals surface area contributed by atoms with E-state index < -0.39 is 39.7 Å². The van der Waals surface area contributed by atoms with E-state index in [0.717, 1.165) is 16.7 Å². The first-order chi connectivity index (χ1) is 19.0. The second-order valence-corrected chi connectivity index (χ2v) is 12.8. The van der Waals surface area contributed by atoms with Crippen molar-refractivity contribution in [1.29, 1.82) is 0 Å². The van der Waals surface area contributed by atoms with Gasteiger partial charge in [0.2, 0.25) is 0 Å². The van der Waals surface area contributed by atoms with Crippen molar-refractivity contribution in [3.05, 3.63) is 70.3 Å². The molecule has 0 saturated heterocycles. The van der Waals surface area contributed by atoms with Crippen LogP contribution in [0.1, 0.15) is 80.2 Å². The van der Waals surface area contributed by atoms with Gasteiger partial charge in [0.25, 0.3) is 5.09 Å². The molecule has 0 heterocycles. The summed E-state index contributed by atoms with van der Waals surface area (Å²) in [5.74, 6) is -0.918. The van der Waals surface area contributed by atoms with Crippen LogP contribution < -0.4 is 5.32 Å². The molecule has 9 nitrogen and oxygen atoms in total. The fraction of sp³-hybridized carbons (Fsp3) is 0.562. The Hall–Kier alpha value is -3.62. The van der Waals surface area contributed by atoms with E-state index in [2.05, 4.69) is 22.3 Å². The molecule has 0 aliphatic heterocycles. The standard InChI is InChI=1S/C32H46N2O7/c1-9-32(8,21-31(6,7)22-39-34(37)38)40-28(35)23(2)19-27(33-29(36)41-30(3,4)5)20-24-15-17-26(18-16-24)25-13-11-10-12-14-25/h10-18,23,27H,9,19-22H2,1-8H3,(H,33,36)/t23-,27+,32?/m1/s1. The number of nitrogens with zero attached hydrogens (tertiary/aromatic N) is 1. The normalized spacial score (nSPS) is 14.7. The Balaban J connectivity index is 2.14. The van der Waals surface area contributed by atoms with Gasteiger partial charge in [-0.1, -0.05) is 82.3 Å². The van der Waals surface area contributed by atoms with Crippen molar-refractivity contribution in [2.75, 3.05) is 6.61 Å². The lowest BCUT2D eigenvalue weighted by Crippen LogP contribution is -2.43. The molecule has 226 valence electrons. The zero-order valence-corrected chi connectivity index (χ0v) is 25.7. The van der Waals surface area contributed by atoms with Crippen LogP contribution in [-0.2, 0) is 25.5 Å². The van der Waals surface area contributed by atoms with Crippen LogP contribution in [0, 0.1) is 21.4 Å². The summed E-state index contributed by atoms with van der Waals surface area (Å²) in [4.78, 5) is 41.2. The predicted octanol–water partition coefficient (Wildman–Crippen LogP) is 7.15. The van der Waals surface area contributed by atoms with E-state index in [1.165, 1.54) is 0 Å². The number of benzene rings is 2. The van der Waals surface area contributed by atoms with E-state index in [1.54, 1.807) is 27.7 Å². The minimum absolute atomic E-state index is 0.104. The Kier molecular flexibility index (Phi) is 11.7. The number of amides is 1. The van der Waals surface area contributed by atoms with E-state index in [-0.39, 0.29) is 12.6 Å². The number of alkyl carbamates (subject to hydrolysis) is 1. The Morgan fingerprint density at radius 3 is 2.05 bits per heavy atom. The van der Waals surface area contributed by atoms with Gasteiger partial charge in [0.05, 0.1) is 5.92 Å². The first-order valence-corrected chi connectivity index (χ1v) is 14.1. The van der Waals surface area contributed by atoms with Crippen LogP contribution in [0.2, 0.25) is 0 Å². The molecule has 0 bridgehead atoms. The van der Waals surface area contributed by atoms with Crippen molar-refractivity contribution in [3.63, 3.8) is 0 Å². The first kappa shape index (κ1) is 33.6. The maximum atomic E-state index is 13.3. The molecule has 1 amide bonds. The number of carbonyl (C=O) groups is 2. The summed E-state index contributed by atoms with van der Waals surface area (Å²) in [7, 11) is 0. The predicted molar refractivity (Wildman–Crippen MR) is 159 cm³/mol. The smallest absolute Gasteiger partial charge is 0.407 e. The highest BCUT2D eigenvalue weighted by molar-refractivity contribution is 5.73. The Bertz CT molecular complexity index is 1140. The van der Waals surface area contributed by atoms with Gasteiger partial charge in [-0.2, -0.15) is 0 Å². The van der Waals surface area contributed by atoms with Gasteiger partial charge < -0.3 is 19.6 Å². The number of rotatable bonds is 14. The van der Waals surface area contributed by atoms with Gasteiger partial charge in [-0.3, -0.25) is 4.79 Å². The van der Waals surface area contributed by atoms with Gasteiger partial charge in [0.1, 0.15) is 17.8 Å². The first-order valence-electron chi connectivity index (χ1n) is 14.1. The molecule has 3 atom stereocenters. The maximum absolute atomic E-state index is 13.3. The average molecular weight is 571 g/mol. The summed E-state index contributed by atoms with van der Waals surface area (Å²) in [5, 5.41) is 12.8. The van der Waals surface area contributed by atoms with Crippen LogP contribution in [-0.4, -0.2) is 41.0 Å². The topological polar surface area (TPSA) is 117 Å². The highest BCUT2D eigenvalue weighted by Crippen LogP contribution is 2.34. The SMILES string of the molecule is CCC(C)(CC(C)(C)CO[N+](=O)[O-])OC(=O)[C@H](C)C[C@@H](Cc1ccc(-c2ccccc2)cc1)NC(=O)OC(C)(C)C. The molecule has 0 spiro atoms. The molecule has 2 rings (SSSR count). The molecule has 0 fully saturated rings. The van der Waals surface area contributed by atoms with Gasteiger partial charge in [0, 0.05) is 6.04 Å². The van der Waals surface area contributed by atoms with Crippen LogP contribution in [0.15, 0.2) is 54.6 Å². The maximum Gasteiger partial charge on any atom is 0.407 e. The third-order valence-electron chi connectivity index (χ3n) is 6.81. The molecule has 2 aromatic carbocycles. The fourth-order valence-corrected chi connectivity index (χ4v) is 4.81. The third-order valence-corrected chi connectivity index (χ3v) is 6.81. The highest BCUT2D eigenvalue weighted by Gasteiger charge is 2.37. The summed E-state index contributed by atoms with van der Waals surface area (Å²) in [6.45, 7) is 14.5. The van der Waals surface area contributed by atoms with Gasteiger partial charge in [-0.05, 0) is 75.5 Å². The van der Waals surface area contributed by atoms with E-state index in [1.807, 2.05) is 70.2 Å². The van der Waals surface area contributed by atoms with Crippen molar-refractivity contribution >= 4 is 12.1 Å². The summed E-state index contributed by atoms with van der Waals surface area (Å²) < 4.78 is 11.5. The number of ether oxygens (including phenoxy) is 2. The average Bonchev–Trinajstić information content (AvgIpc) is 2.87. The molecule has 1 unspecified atom stereocenters. The molecule has 41 heavy (non-hydrogen) atoms. The highest BCUT2D eigenvalue weighted by atomic mass is 16.9. The number of hydrogen-bond donors (Lipinski definition) is 1. The molecular weight excluding hydrogens is 524 g/mol. The number of esters is 1. The summed E-state index contributed by atoms with van der Waals surface area (Å²) in [5.41, 5.74) is 1.13. The zero-order valence-electron chi connectivity index (χ0n) is 25.7. The molecule has 1 N–H and O–H groups in total. The second kappa shape index (κ2) is 14.3. The number of hydrogen-bond acceptors (Lipinski definition) is 7. The molecule has 2 aromatic rings. The lowest BCUT2D eigenvalue weighted by Gasteiger charge is -2.37. The second-order valence-electron chi connectivity index (χ2n) is 12.8. The zero-order chi connectivity index (χ0) is 30.8. The molecule has 9 heteroatoms. The van der Waals surface area contributed by atoms with Crippen molar-refractivity contribution in [2.24, 2.45) is 11.3 Å². The van der Waals surface area contributed by atoms with E-state index in [9.17, 15) is 19.7 Å². The molecule has 0 aliphatic rings. The third kappa shape index (κ3) is 12.2. The van der Waals surface area contributed by atoms with E-state index in [4.69, 9.17) is 9.47 Å². The van der Waals surface area contributed by atoms with Crippen LogP contribution >= 0.6 is 0 Å². The van der Waals surface area contributed by atoms with Crippen LogP contribution in [0.3, 0.4) is 0 Å². The van der Waals surface area contributed by atoms with Gasteiger partial charge in [0.15, 0.2) is 0 Å². The van der Waals surface area contributed by atoms with Crippen molar-refractivity contribution in [3.8, 4) is 11.1 Å². The minimum Gasteiger partial charge on any atom is -0.459 e. The molecule has 0 saturated carbocycles. The van der Waals surface area contributed by atoms with E-state index in [0.29, 0.717) is 25.7 Å². The minimum atomic E-state index is -0.837. The van der Waals surface area contributed by atoms with Gasteiger partial charge in [-0.25, -0.2) is 4.79 Å². The number of carbonyl (C=O) groups excluding carboxylic acids is 2. The number of nitrogens with one attached hydrogen (secondary N) is 1. The lowest BCUT2D eigenvalue weighted by molar-refractivity contribution is -0.760. The van der Waals surface area contributed by atoms with Gasteiger partial charge in [-0.15, -0.1) is 10.1 Å². The lowest BCUT2D eigenvalue weighted by atomic mass is 9.80. The van der Waals surface area contributed by atoms with Gasteiger partial charge >= 0.3 is 12.1 Å². The quantitative estimate of drug-likeness (QED) is 0.146. The molecule has 0 aromatic heterocycles. The molecule has 0 aliphatic carbocycles. The Morgan fingerprint density at radius 2 is 1.51 bits per heavy atom. The summed E-state index contributed by atoms with van der Waals surface area (Å²) in [6, 6.07) is 17.8. The Morgan fingerprint density at radius 1 is 0.927 bits per heavy atom. The monoisotopic (exact) mass is 570 g/mol. The molecular formula is C32H46N2O7. The molecule has 0 radical (unpaired) electrons. The largest absolute Gasteiger partial charge is 0.459 e. The van der Waals surface area contributed by atoms with Crippen molar-refractivity contribution in [1.82, 2.24) is 5.32 Å². The summed E-state index contributed by atoms with van der Waals surface area (Å²) >= 11 is 0. The van der Waals surface area contributed by atoms with Crippen LogP contribution in [0.5, 0.6) is 0 Å². The fourth-order valence-electron chi connectivity index (χ4n) is 4.81.